The molecular formula is C11H11BrN2O. The number of fused-ring (bicyclic) bond motifs is 1. The first-order chi connectivity index (χ1) is 7.00. The summed E-state index contributed by atoms with van der Waals surface area (Å²) in [4.78, 5) is 8.76. The highest BCUT2D eigenvalue weighted by atomic mass is 79.9. The average Bonchev–Trinajstić information content (AvgIpc) is 2.18. The number of hydrogen-bond donors (Lipinski definition) is 1. The number of aromatic nitrogens is 2. The monoisotopic (exact) mass is 266 g/mol. The van der Waals surface area contributed by atoms with E-state index in [0.29, 0.717) is 11.0 Å². The van der Waals surface area contributed by atoms with Crippen LogP contribution in [0.5, 0.6) is 5.75 Å². The fraction of sp³-hybridized carbons (Fsp3) is 0.273. The molecule has 1 aromatic heterocycles. The summed E-state index contributed by atoms with van der Waals surface area (Å²) in [6.45, 7) is 5.64. The van der Waals surface area contributed by atoms with E-state index in [0.717, 1.165) is 21.4 Å². The summed E-state index contributed by atoms with van der Waals surface area (Å²) >= 11 is 3.43. The molecule has 0 aliphatic carbocycles. The van der Waals surface area contributed by atoms with Crippen LogP contribution in [-0.2, 0) is 0 Å². The summed E-state index contributed by atoms with van der Waals surface area (Å²) in [6.07, 6.45) is 0. The lowest BCUT2D eigenvalue weighted by Gasteiger charge is -2.07. The number of phenolic OH excluding ortho intramolecular Hbond substituents is 1. The molecule has 0 atom stereocenters. The van der Waals surface area contributed by atoms with Gasteiger partial charge in [-0.05, 0) is 48.3 Å². The highest BCUT2D eigenvalue weighted by Crippen LogP contribution is 2.32. The maximum absolute atomic E-state index is 9.87. The minimum Gasteiger partial charge on any atom is -0.505 e. The number of benzene rings is 1. The van der Waals surface area contributed by atoms with E-state index in [2.05, 4.69) is 25.9 Å². The summed E-state index contributed by atoms with van der Waals surface area (Å²) in [5.41, 5.74) is 3.79. The Balaban J connectivity index is 2.97. The van der Waals surface area contributed by atoms with Crippen LogP contribution in [0.15, 0.2) is 10.5 Å². The molecule has 0 aliphatic heterocycles. The molecule has 0 amide bonds. The van der Waals surface area contributed by atoms with Crippen LogP contribution in [-0.4, -0.2) is 15.1 Å². The molecule has 0 bridgehead atoms. The van der Waals surface area contributed by atoms with E-state index < -0.39 is 0 Å². The molecule has 0 spiro atoms. The van der Waals surface area contributed by atoms with Crippen LogP contribution in [0.2, 0.25) is 0 Å². The predicted octanol–water partition coefficient (Wildman–Crippen LogP) is 3.02. The Morgan fingerprint density at radius 1 is 1.07 bits per heavy atom. The Bertz CT molecular complexity index is 552. The van der Waals surface area contributed by atoms with Gasteiger partial charge >= 0.3 is 0 Å². The standard InChI is InChI=1S/C11H11BrN2O/c1-5-4-8(12)9-10(11(5)15)14-7(3)6(2)13-9/h4,15H,1-3H3. The molecule has 78 valence electrons. The number of halogens is 1. The van der Waals surface area contributed by atoms with Gasteiger partial charge in [-0.1, -0.05) is 0 Å². The molecule has 1 heterocycles. The topological polar surface area (TPSA) is 46.0 Å². The minimum absolute atomic E-state index is 0.212. The van der Waals surface area contributed by atoms with Gasteiger partial charge in [0.15, 0.2) is 0 Å². The molecule has 1 aromatic carbocycles. The first-order valence-corrected chi connectivity index (χ1v) is 5.43. The Morgan fingerprint density at radius 2 is 1.60 bits per heavy atom. The molecule has 4 heteroatoms. The third-order valence-corrected chi connectivity index (χ3v) is 3.08. The van der Waals surface area contributed by atoms with Crippen LogP contribution >= 0.6 is 15.9 Å². The lowest BCUT2D eigenvalue weighted by Crippen LogP contribution is -1.95. The predicted molar refractivity (Wildman–Crippen MR) is 63.1 cm³/mol. The third kappa shape index (κ3) is 1.59. The average molecular weight is 267 g/mol. The number of nitrogens with zero attached hydrogens (tertiary/aromatic N) is 2. The zero-order chi connectivity index (χ0) is 11.2. The van der Waals surface area contributed by atoms with Gasteiger partial charge in [-0.3, -0.25) is 0 Å². The van der Waals surface area contributed by atoms with E-state index in [9.17, 15) is 5.11 Å². The number of aryl methyl sites for hydroxylation is 3. The highest BCUT2D eigenvalue weighted by molar-refractivity contribution is 9.10. The molecule has 3 nitrogen and oxygen atoms in total. The van der Waals surface area contributed by atoms with Crippen molar-refractivity contribution in [1.82, 2.24) is 9.97 Å². The minimum atomic E-state index is 0.212. The number of hydrogen-bond acceptors (Lipinski definition) is 3. The summed E-state index contributed by atoms with van der Waals surface area (Å²) in [5, 5.41) is 9.87. The summed E-state index contributed by atoms with van der Waals surface area (Å²) in [6, 6.07) is 1.85. The van der Waals surface area contributed by atoms with Crippen LogP contribution in [0, 0.1) is 20.8 Å². The van der Waals surface area contributed by atoms with E-state index in [4.69, 9.17) is 0 Å². The second-order valence-electron chi connectivity index (χ2n) is 3.62. The molecular weight excluding hydrogens is 256 g/mol. The van der Waals surface area contributed by atoms with Crippen LogP contribution in [0.3, 0.4) is 0 Å². The first-order valence-electron chi connectivity index (χ1n) is 4.63. The van der Waals surface area contributed by atoms with Crippen molar-refractivity contribution >= 4 is 27.0 Å². The largest absolute Gasteiger partial charge is 0.505 e. The fourth-order valence-electron chi connectivity index (χ4n) is 1.45. The zero-order valence-corrected chi connectivity index (χ0v) is 10.4. The third-order valence-electron chi connectivity index (χ3n) is 2.47. The molecule has 0 saturated carbocycles. The Labute approximate surface area is 96.3 Å². The van der Waals surface area contributed by atoms with Gasteiger partial charge in [0.2, 0.25) is 0 Å². The van der Waals surface area contributed by atoms with Gasteiger partial charge in [0.1, 0.15) is 16.8 Å². The number of aromatic hydroxyl groups is 1. The molecule has 2 aromatic rings. The van der Waals surface area contributed by atoms with Gasteiger partial charge in [0, 0.05) is 4.47 Å². The SMILES string of the molecule is Cc1cc(Br)c2nc(C)c(C)nc2c1O. The normalized spacial score (nSPS) is 10.9. The van der Waals surface area contributed by atoms with E-state index in [-0.39, 0.29) is 5.75 Å². The first kappa shape index (κ1) is 10.4. The second-order valence-corrected chi connectivity index (χ2v) is 4.47. The Kier molecular flexibility index (Phi) is 2.38. The van der Waals surface area contributed by atoms with Gasteiger partial charge in [0.05, 0.1) is 11.4 Å². The van der Waals surface area contributed by atoms with Crippen molar-refractivity contribution in [2.75, 3.05) is 0 Å². The molecule has 0 radical (unpaired) electrons. The van der Waals surface area contributed by atoms with E-state index in [1.807, 2.05) is 26.8 Å². The van der Waals surface area contributed by atoms with Crippen LogP contribution in [0.1, 0.15) is 17.0 Å². The van der Waals surface area contributed by atoms with E-state index in [1.165, 1.54) is 0 Å². The van der Waals surface area contributed by atoms with Crippen LogP contribution in [0.25, 0.3) is 11.0 Å². The Hall–Kier alpha value is -1.16. The van der Waals surface area contributed by atoms with Crippen molar-refractivity contribution < 1.29 is 5.11 Å². The van der Waals surface area contributed by atoms with Gasteiger partial charge in [0.25, 0.3) is 0 Å². The lowest BCUT2D eigenvalue weighted by molar-refractivity contribution is 0.476. The summed E-state index contributed by atoms with van der Waals surface area (Å²) < 4.78 is 0.864. The highest BCUT2D eigenvalue weighted by Gasteiger charge is 2.11. The van der Waals surface area contributed by atoms with E-state index in [1.54, 1.807) is 0 Å². The van der Waals surface area contributed by atoms with Crippen molar-refractivity contribution in [2.24, 2.45) is 0 Å². The van der Waals surface area contributed by atoms with Crippen molar-refractivity contribution in [2.45, 2.75) is 20.8 Å². The smallest absolute Gasteiger partial charge is 0.146 e. The molecule has 0 saturated heterocycles. The maximum Gasteiger partial charge on any atom is 0.146 e. The summed E-state index contributed by atoms with van der Waals surface area (Å²) in [7, 11) is 0. The van der Waals surface area contributed by atoms with E-state index >= 15 is 0 Å². The van der Waals surface area contributed by atoms with Crippen LogP contribution < -0.4 is 0 Å². The quantitative estimate of drug-likeness (QED) is 0.798. The molecule has 0 aliphatic rings. The molecule has 1 N–H and O–H groups in total. The maximum atomic E-state index is 9.87. The van der Waals surface area contributed by atoms with Crippen molar-refractivity contribution in [3.63, 3.8) is 0 Å². The van der Waals surface area contributed by atoms with Gasteiger partial charge in [-0.15, -0.1) is 0 Å². The molecule has 0 fully saturated rings. The van der Waals surface area contributed by atoms with Crippen molar-refractivity contribution in [3.05, 3.63) is 27.5 Å². The second kappa shape index (κ2) is 3.45. The van der Waals surface area contributed by atoms with Gasteiger partial charge in [-0.25, -0.2) is 9.97 Å². The molecule has 2 rings (SSSR count). The molecule has 0 unspecified atom stereocenters. The van der Waals surface area contributed by atoms with Crippen LogP contribution in [0.4, 0.5) is 0 Å². The Morgan fingerprint density at radius 3 is 2.20 bits per heavy atom. The summed E-state index contributed by atoms with van der Waals surface area (Å²) in [5.74, 6) is 0.212. The van der Waals surface area contributed by atoms with Crippen molar-refractivity contribution in [3.8, 4) is 5.75 Å². The molecule has 15 heavy (non-hydrogen) atoms. The fourth-order valence-corrected chi connectivity index (χ4v) is 2.07. The zero-order valence-electron chi connectivity index (χ0n) is 8.80. The number of rotatable bonds is 0. The van der Waals surface area contributed by atoms with Gasteiger partial charge in [-0.2, -0.15) is 0 Å². The lowest BCUT2D eigenvalue weighted by atomic mass is 10.2. The van der Waals surface area contributed by atoms with Crippen molar-refractivity contribution in [1.29, 1.82) is 0 Å². The van der Waals surface area contributed by atoms with Gasteiger partial charge < -0.3 is 5.11 Å². The number of phenols is 1.